The van der Waals surface area contributed by atoms with E-state index < -0.39 is 30.2 Å². The molecule has 6 nitrogen and oxygen atoms in total. The first-order chi connectivity index (χ1) is 14.6. The molecule has 1 heterocycles. The lowest BCUT2D eigenvalue weighted by Gasteiger charge is -2.31. The molecule has 1 aliphatic heterocycles. The van der Waals surface area contributed by atoms with E-state index in [0.717, 1.165) is 12.1 Å². The summed E-state index contributed by atoms with van der Waals surface area (Å²) in [4.78, 5) is 26.3. The zero-order chi connectivity index (χ0) is 22.6. The number of anilines is 2. The number of carbonyl (C=O) groups is 2. The first-order valence-corrected chi connectivity index (χ1v) is 9.86. The zero-order valence-electron chi connectivity index (χ0n) is 16.0. The van der Waals surface area contributed by atoms with Crippen molar-refractivity contribution in [3.8, 4) is 0 Å². The average molecular weight is 477 g/mol. The van der Waals surface area contributed by atoms with E-state index in [9.17, 15) is 22.8 Å². The molecule has 0 spiro atoms. The van der Waals surface area contributed by atoms with Gasteiger partial charge in [0, 0.05) is 18.1 Å². The molecule has 0 radical (unpaired) electrons. The van der Waals surface area contributed by atoms with Gasteiger partial charge in [0.25, 0.3) is 5.91 Å². The predicted octanol–water partition coefficient (Wildman–Crippen LogP) is 4.64. The minimum Gasteiger partial charge on any atom is -0.452 e. The molecule has 2 aromatic carbocycles. The normalized spacial score (nSPS) is 14.3. The largest absolute Gasteiger partial charge is 0.452 e. The van der Waals surface area contributed by atoms with Gasteiger partial charge in [-0.25, -0.2) is 4.79 Å². The van der Waals surface area contributed by atoms with Gasteiger partial charge in [0.05, 0.1) is 40.7 Å². The number of benzene rings is 2. The molecule has 0 aliphatic carbocycles. The second-order valence-corrected chi connectivity index (χ2v) is 7.42. The number of hydrogen-bond acceptors (Lipinski definition) is 5. The van der Waals surface area contributed by atoms with Gasteiger partial charge in [0.2, 0.25) is 0 Å². The van der Waals surface area contributed by atoms with Gasteiger partial charge in [-0.05, 0) is 36.4 Å². The third kappa shape index (κ3) is 6.03. The van der Waals surface area contributed by atoms with Crippen LogP contribution in [-0.2, 0) is 20.4 Å². The number of nitrogens with one attached hydrogen (secondary N) is 1. The van der Waals surface area contributed by atoms with E-state index in [1.807, 2.05) is 0 Å². The topological polar surface area (TPSA) is 67.9 Å². The molecule has 1 saturated heterocycles. The lowest BCUT2D eigenvalue weighted by Crippen LogP contribution is -2.37. The third-order valence-electron chi connectivity index (χ3n) is 4.43. The van der Waals surface area contributed by atoms with Crippen LogP contribution < -0.4 is 10.2 Å². The van der Waals surface area contributed by atoms with Crippen molar-refractivity contribution >= 4 is 46.5 Å². The number of nitrogens with zero attached hydrogens (tertiary/aromatic N) is 1. The van der Waals surface area contributed by atoms with Gasteiger partial charge in [-0.3, -0.25) is 4.79 Å². The van der Waals surface area contributed by atoms with Crippen molar-refractivity contribution in [1.29, 1.82) is 0 Å². The second kappa shape index (κ2) is 9.76. The molecule has 31 heavy (non-hydrogen) atoms. The minimum absolute atomic E-state index is 0.0324. The van der Waals surface area contributed by atoms with Gasteiger partial charge in [0.15, 0.2) is 6.61 Å². The molecule has 1 aliphatic rings. The SMILES string of the molecule is O=C(COC(=O)c1cc(Cl)ccc1Cl)Nc1cc(C(F)(F)F)ccc1N1CCOCC1. The number of carbonyl (C=O) groups excluding carboxylic acids is 2. The maximum Gasteiger partial charge on any atom is 0.416 e. The lowest BCUT2D eigenvalue weighted by molar-refractivity contribution is -0.137. The summed E-state index contributed by atoms with van der Waals surface area (Å²) < 4.78 is 49.6. The number of esters is 1. The first-order valence-electron chi connectivity index (χ1n) is 9.11. The summed E-state index contributed by atoms with van der Waals surface area (Å²) in [7, 11) is 0. The van der Waals surface area contributed by atoms with Crippen molar-refractivity contribution < 1.29 is 32.2 Å². The van der Waals surface area contributed by atoms with E-state index in [1.54, 1.807) is 4.90 Å². The van der Waals surface area contributed by atoms with Gasteiger partial charge >= 0.3 is 12.1 Å². The quantitative estimate of drug-likeness (QED) is 0.636. The van der Waals surface area contributed by atoms with Crippen LogP contribution in [0.2, 0.25) is 10.0 Å². The molecule has 1 amide bonds. The van der Waals surface area contributed by atoms with Gasteiger partial charge in [0.1, 0.15) is 0 Å². The number of ether oxygens (including phenoxy) is 2. The van der Waals surface area contributed by atoms with Crippen LogP contribution in [-0.4, -0.2) is 44.8 Å². The maximum absolute atomic E-state index is 13.2. The fourth-order valence-corrected chi connectivity index (χ4v) is 3.31. The molecule has 0 atom stereocenters. The Morgan fingerprint density at radius 3 is 2.48 bits per heavy atom. The lowest BCUT2D eigenvalue weighted by atomic mass is 10.1. The fourth-order valence-electron chi connectivity index (χ4n) is 2.94. The van der Waals surface area contributed by atoms with Crippen LogP contribution in [0.4, 0.5) is 24.5 Å². The summed E-state index contributed by atoms with van der Waals surface area (Å²) in [6, 6.07) is 7.25. The second-order valence-electron chi connectivity index (χ2n) is 6.58. The summed E-state index contributed by atoms with van der Waals surface area (Å²) in [5.41, 5.74) is -0.579. The number of morpholine rings is 1. The van der Waals surface area contributed by atoms with Crippen molar-refractivity contribution in [3.05, 3.63) is 57.6 Å². The molecule has 0 saturated carbocycles. The van der Waals surface area contributed by atoms with Crippen molar-refractivity contribution in [1.82, 2.24) is 0 Å². The Morgan fingerprint density at radius 2 is 1.81 bits per heavy atom. The molecule has 0 bridgehead atoms. The van der Waals surface area contributed by atoms with E-state index in [2.05, 4.69) is 5.32 Å². The smallest absolute Gasteiger partial charge is 0.416 e. The summed E-state index contributed by atoms with van der Waals surface area (Å²) in [5, 5.41) is 2.73. The fraction of sp³-hybridized carbons (Fsp3) is 0.300. The highest BCUT2D eigenvalue weighted by atomic mass is 35.5. The summed E-state index contributed by atoms with van der Waals surface area (Å²) >= 11 is 11.7. The Balaban J connectivity index is 1.74. The van der Waals surface area contributed by atoms with Crippen LogP contribution in [0.1, 0.15) is 15.9 Å². The van der Waals surface area contributed by atoms with E-state index in [0.29, 0.717) is 32.0 Å². The number of halogens is 5. The van der Waals surface area contributed by atoms with Crippen LogP contribution in [0.5, 0.6) is 0 Å². The molecular weight excluding hydrogens is 460 g/mol. The van der Waals surface area contributed by atoms with E-state index in [4.69, 9.17) is 32.7 Å². The van der Waals surface area contributed by atoms with Crippen molar-refractivity contribution in [2.45, 2.75) is 6.18 Å². The van der Waals surface area contributed by atoms with Crippen LogP contribution in [0, 0.1) is 0 Å². The molecule has 2 aromatic rings. The Hall–Kier alpha value is -2.49. The first kappa shape index (κ1) is 23.2. The summed E-state index contributed by atoms with van der Waals surface area (Å²) in [6.07, 6.45) is -4.58. The number of rotatable bonds is 5. The summed E-state index contributed by atoms with van der Waals surface area (Å²) in [5.74, 6) is -1.69. The van der Waals surface area contributed by atoms with Gasteiger partial charge in [-0.2, -0.15) is 13.2 Å². The average Bonchev–Trinajstić information content (AvgIpc) is 2.73. The van der Waals surface area contributed by atoms with E-state index >= 15 is 0 Å². The monoisotopic (exact) mass is 476 g/mol. The van der Waals surface area contributed by atoms with Gasteiger partial charge in [-0.1, -0.05) is 23.2 Å². The number of hydrogen-bond donors (Lipinski definition) is 1. The number of alkyl halides is 3. The Morgan fingerprint density at radius 1 is 1.10 bits per heavy atom. The molecular formula is C20H17Cl2F3N2O4. The highest BCUT2D eigenvalue weighted by Crippen LogP contribution is 2.35. The van der Waals surface area contributed by atoms with E-state index in [1.165, 1.54) is 24.3 Å². The Bertz CT molecular complexity index is 979. The zero-order valence-corrected chi connectivity index (χ0v) is 17.5. The van der Waals surface area contributed by atoms with Crippen molar-refractivity contribution in [3.63, 3.8) is 0 Å². The maximum atomic E-state index is 13.2. The van der Waals surface area contributed by atoms with Gasteiger partial charge < -0.3 is 19.7 Å². The molecule has 166 valence electrons. The van der Waals surface area contributed by atoms with Crippen LogP contribution in [0.25, 0.3) is 0 Å². The molecule has 1 fully saturated rings. The Labute approximate surface area is 185 Å². The molecule has 0 aromatic heterocycles. The molecule has 0 unspecified atom stereocenters. The van der Waals surface area contributed by atoms with Gasteiger partial charge in [-0.15, -0.1) is 0 Å². The minimum atomic E-state index is -4.58. The van der Waals surface area contributed by atoms with Crippen LogP contribution in [0.15, 0.2) is 36.4 Å². The standard InChI is InChI=1S/C20H17Cl2F3N2O4/c21-13-2-3-15(22)14(10-13)19(29)31-11-18(28)26-16-9-12(20(23,24)25)1-4-17(16)27-5-7-30-8-6-27/h1-4,9-10H,5-8,11H2,(H,26,28). The van der Waals surface area contributed by atoms with Crippen LogP contribution in [0.3, 0.4) is 0 Å². The Kier molecular flexibility index (Phi) is 7.30. The predicted molar refractivity (Wildman–Crippen MR) is 110 cm³/mol. The highest BCUT2D eigenvalue weighted by molar-refractivity contribution is 6.35. The van der Waals surface area contributed by atoms with Crippen molar-refractivity contribution in [2.24, 2.45) is 0 Å². The van der Waals surface area contributed by atoms with Crippen LogP contribution >= 0.6 is 23.2 Å². The molecule has 3 rings (SSSR count). The molecule has 1 N–H and O–H groups in total. The highest BCUT2D eigenvalue weighted by Gasteiger charge is 2.32. The van der Waals surface area contributed by atoms with E-state index in [-0.39, 0.29) is 21.3 Å². The van der Waals surface area contributed by atoms with Crippen molar-refractivity contribution in [2.75, 3.05) is 43.1 Å². The molecule has 11 heteroatoms. The third-order valence-corrected chi connectivity index (χ3v) is 5.00. The number of amides is 1. The summed E-state index contributed by atoms with van der Waals surface area (Å²) in [6.45, 7) is 1.01.